The zero-order valence-electron chi connectivity index (χ0n) is 11.8. The summed E-state index contributed by atoms with van der Waals surface area (Å²) in [6.07, 6.45) is 2.92. The lowest BCUT2D eigenvalue weighted by atomic mass is 10.3. The first-order valence-corrected chi connectivity index (χ1v) is 7.84. The highest BCUT2D eigenvalue weighted by Gasteiger charge is 2.18. The van der Waals surface area contributed by atoms with Crippen LogP contribution in [0, 0.1) is 0 Å². The summed E-state index contributed by atoms with van der Waals surface area (Å²) in [7, 11) is -2.28. The van der Waals surface area contributed by atoms with Crippen LogP contribution in [0.15, 0.2) is 35.1 Å². The van der Waals surface area contributed by atoms with Crippen LogP contribution in [0.3, 0.4) is 0 Å². The molecular weight excluding hydrogens is 277 g/mol. The highest BCUT2D eigenvalue weighted by Crippen LogP contribution is 2.23. The molecule has 1 rings (SSSR count). The summed E-state index contributed by atoms with van der Waals surface area (Å²) in [5, 5.41) is 0. The number of esters is 1. The Morgan fingerprint density at radius 2 is 2.05 bits per heavy atom. The fourth-order valence-electron chi connectivity index (χ4n) is 1.43. The molecule has 0 aliphatic heterocycles. The summed E-state index contributed by atoms with van der Waals surface area (Å²) in [6.45, 7) is 4.00. The second-order valence-electron chi connectivity index (χ2n) is 4.31. The van der Waals surface area contributed by atoms with E-state index in [1.165, 1.54) is 0 Å². The van der Waals surface area contributed by atoms with Crippen molar-refractivity contribution in [1.82, 2.24) is 0 Å². The molecular formula is C14H20NO4P. The first-order valence-electron chi connectivity index (χ1n) is 6.71. The summed E-state index contributed by atoms with van der Waals surface area (Å²) >= 11 is 0. The van der Waals surface area contributed by atoms with Gasteiger partial charge in [-0.3, -0.25) is 4.52 Å². The molecule has 20 heavy (non-hydrogen) atoms. The van der Waals surface area contributed by atoms with Gasteiger partial charge in [-0.05, 0) is 25.5 Å². The molecule has 2 atom stereocenters. The molecule has 1 aromatic rings. The number of ether oxygens (including phenoxy) is 1. The number of rotatable bonds is 8. The van der Waals surface area contributed by atoms with Crippen molar-refractivity contribution in [2.75, 3.05) is 6.61 Å². The summed E-state index contributed by atoms with van der Waals surface area (Å²) in [6, 6.07) is 7.93. The summed E-state index contributed by atoms with van der Waals surface area (Å²) in [5.41, 5.74) is 0. The molecule has 0 radical (unpaired) electrons. The van der Waals surface area contributed by atoms with Gasteiger partial charge in [-0.15, -0.1) is 0 Å². The third-order valence-electron chi connectivity index (χ3n) is 2.53. The summed E-state index contributed by atoms with van der Waals surface area (Å²) in [5.74, 6) is -0.0120. The highest BCUT2D eigenvalue weighted by molar-refractivity contribution is 7.34. The van der Waals surface area contributed by atoms with Gasteiger partial charge in [0.05, 0.1) is 6.61 Å². The third-order valence-corrected chi connectivity index (χ3v) is 3.43. The van der Waals surface area contributed by atoms with Crippen molar-refractivity contribution in [2.24, 2.45) is 4.74 Å². The standard InChI is InChI=1S/C14H20NO4P/c1-3-4-8-11-18-14(16)12(2)15-20(17)19-13-9-6-5-7-10-13/h5-7,9-10,12H,3-4,8,11H2,1-2H3/t12-/m0/s1. The van der Waals surface area contributed by atoms with Crippen LogP contribution >= 0.6 is 8.17 Å². The Labute approximate surface area is 120 Å². The first-order chi connectivity index (χ1) is 9.63. The minimum atomic E-state index is -2.28. The van der Waals surface area contributed by atoms with Gasteiger partial charge in [0.25, 0.3) is 0 Å². The number of carbonyl (C=O) groups excluding carboxylic acids is 1. The minimum absolute atomic E-state index is 0.378. The van der Waals surface area contributed by atoms with E-state index in [1.54, 1.807) is 31.2 Å². The summed E-state index contributed by atoms with van der Waals surface area (Å²) < 4.78 is 13.9. The molecule has 0 amide bonds. The van der Waals surface area contributed by atoms with E-state index in [0.717, 1.165) is 19.3 Å². The second kappa shape index (κ2) is 9.45. The van der Waals surface area contributed by atoms with Gasteiger partial charge in [0.2, 0.25) is 0 Å². The van der Waals surface area contributed by atoms with Crippen LogP contribution in [0.1, 0.15) is 33.1 Å². The van der Waals surface area contributed by atoms with E-state index < -0.39 is 20.2 Å². The molecule has 0 heterocycles. The van der Waals surface area contributed by atoms with Gasteiger partial charge in [-0.1, -0.05) is 42.7 Å². The topological polar surface area (TPSA) is 71.0 Å². The average Bonchev–Trinajstić information content (AvgIpc) is 2.44. The van der Waals surface area contributed by atoms with Gasteiger partial charge < -0.3 is 9.63 Å². The molecule has 0 bridgehead atoms. The van der Waals surface area contributed by atoms with Crippen molar-refractivity contribution in [2.45, 2.75) is 39.2 Å². The Hall–Kier alpha value is -1.45. The third kappa shape index (κ3) is 6.64. The highest BCUT2D eigenvalue weighted by atomic mass is 31.1. The van der Waals surface area contributed by atoms with E-state index in [2.05, 4.69) is 11.7 Å². The number of para-hydroxylation sites is 1. The number of hydrogen-bond acceptors (Lipinski definition) is 5. The maximum atomic E-state index is 11.7. The molecule has 0 N–H and O–H groups in total. The normalized spacial score (nSPS) is 12.8. The van der Waals surface area contributed by atoms with Crippen LogP contribution in [-0.4, -0.2) is 18.6 Å². The predicted octanol–water partition coefficient (Wildman–Crippen LogP) is 3.04. The van der Waals surface area contributed by atoms with E-state index >= 15 is 0 Å². The summed E-state index contributed by atoms with van der Waals surface area (Å²) in [4.78, 5) is 23.2. The van der Waals surface area contributed by atoms with Crippen LogP contribution in [0.25, 0.3) is 0 Å². The van der Waals surface area contributed by atoms with Gasteiger partial charge in [-0.25, -0.2) is 4.79 Å². The Morgan fingerprint density at radius 1 is 1.35 bits per heavy atom. The molecule has 1 aromatic carbocycles. The van der Waals surface area contributed by atoms with Crippen molar-refractivity contribution < 1.29 is 18.9 Å². The van der Waals surface area contributed by atoms with Crippen molar-refractivity contribution in [3.63, 3.8) is 0 Å². The Morgan fingerprint density at radius 3 is 2.70 bits per heavy atom. The molecule has 0 saturated carbocycles. The lowest BCUT2D eigenvalue weighted by Crippen LogP contribution is -2.19. The minimum Gasteiger partial charge on any atom is -0.575 e. The molecule has 5 nitrogen and oxygen atoms in total. The fourth-order valence-corrected chi connectivity index (χ4v) is 2.16. The predicted molar refractivity (Wildman–Crippen MR) is 76.4 cm³/mol. The van der Waals surface area contributed by atoms with Gasteiger partial charge in [0.1, 0.15) is 0 Å². The number of nitrogens with zero attached hydrogens (tertiary/aromatic N) is 1. The van der Waals surface area contributed by atoms with Crippen molar-refractivity contribution in [3.8, 4) is 5.75 Å². The molecule has 1 unspecified atom stereocenters. The molecule has 6 heteroatoms. The van der Waals surface area contributed by atoms with Gasteiger partial charge in [-0.2, -0.15) is 0 Å². The second-order valence-corrected chi connectivity index (χ2v) is 5.20. The Balaban J connectivity index is 2.40. The number of unbranched alkanes of at least 4 members (excludes halogenated alkanes) is 2. The van der Waals surface area contributed by atoms with E-state index in [4.69, 9.17) is 9.26 Å². The average molecular weight is 297 g/mol. The maximum absolute atomic E-state index is 11.7. The van der Waals surface area contributed by atoms with Crippen LogP contribution in [-0.2, 0) is 9.53 Å². The lowest BCUT2D eigenvalue weighted by Gasteiger charge is -2.06. The van der Waals surface area contributed by atoms with E-state index in [-0.39, 0.29) is 0 Å². The zero-order chi connectivity index (χ0) is 14.8. The molecule has 0 fully saturated rings. The van der Waals surface area contributed by atoms with Crippen LogP contribution in [0.5, 0.6) is 5.75 Å². The van der Waals surface area contributed by atoms with Crippen molar-refractivity contribution in [3.05, 3.63) is 30.3 Å². The maximum Gasteiger partial charge on any atom is 0.395 e. The molecule has 0 saturated heterocycles. The van der Waals surface area contributed by atoms with Crippen molar-refractivity contribution in [1.29, 1.82) is 0 Å². The van der Waals surface area contributed by atoms with Crippen LogP contribution in [0.2, 0.25) is 0 Å². The molecule has 0 aliphatic rings. The smallest absolute Gasteiger partial charge is 0.395 e. The SMILES string of the molecule is CCCCCOC(=O)[C@H](C)N=[P+]([O-])Oc1ccccc1. The van der Waals surface area contributed by atoms with Gasteiger partial charge in [0, 0.05) is 0 Å². The molecule has 0 spiro atoms. The number of benzene rings is 1. The monoisotopic (exact) mass is 297 g/mol. The lowest BCUT2D eigenvalue weighted by molar-refractivity contribution is -0.169. The van der Waals surface area contributed by atoms with E-state index in [9.17, 15) is 9.69 Å². The van der Waals surface area contributed by atoms with E-state index in [0.29, 0.717) is 12.4 Å². The Kier molecular flexibility index (Phi) is 7.85. The van der Waals surface area contributed by atoms with Crippen molar-refractivity contribution >= 4 is 14.1 Å². The van der Waals surface area contributed by atoms with E-state index in [1.807, 2.05) is 6.07 Å². The van der Waals surface area contributed by atoms with Crippen LogP contribution in [0.4, 0.5) is 0 Å². The van der Waals surface area contributed by atoms with Gasteiger partial charge >= 0.3 is 14.1 Å². The van der Waals surface area contributed by atoms with Gasteiger partial charge in [0.15, 0.2) is 11.8 Å². The molecule has 110 valence electrons. The van der Waals surface area contributed by atoms with Crippen LogP contribution < -0.4 is 9.42 Å². The zero-order valence-corrected chi connectivity index (χ0v) is 12.7. The first kappa shape index (κ1) is 16.6. The molecule has 0 aromatic heterocycles. The largest absolute Gasteiger partial charge is 0.575 e. The quantitative estimate of drug-likeness (QED) is 0.420. The number of carbonyl (C=O) groups is 1. The fraction of sp³-hybridized carbons (Fsp3) is 0.500. The Bertz CT molecular complexity index is 436. The molecule has 0 aliphatic carbocycles. The number of hydrogen-bond donors (Lipinski definition) is 0.